The second kappa shape index (κ2) is 5.85. The summed E-state index contributed by atoms with van der Waals surface area (Å²) in [5.74, 6) is 0.852. The van der Waals surface area contributed by atoms with Crippen LogP contribution in [0.5, 0.6) is 5.75 Å². The Morgan fingerprint density at radius 3 is 2.41 bits per heavy atom. The van der Waals surface area contributed by atoms with E-state index in [2.05, 4.69) is 15.9 Å². The van der Waals surface area contributed by atoms with E-state index in [0.717, 1.165) is 27.8 Å². The molecule has 0 unspecified atom stereocenters. The highest BCUT2D eigenvalue weighted by Crippen LogP contribution is 2.30. The van der Waals surface area contributed by atoms with Crippen LogP contribution in [0.15, 0.2) is 16.6 Å². The summed E-state index contributed by atoms with van der Waals surface area (Å²) >= 11 is 3.47. The van der Waals surface area contributed by atoms with Crippen LogP contribution in [0.2, 0.25) is 0 Å². The highest BCUT2D eigenvalue weighted by molar-refractivity contribution is 9.10. The van der Waals surface area contributed by atoms with Gasteiger partial charge in [0.25, 0.3) is 0 Å². The lowest BCUT2D eigenvalue weighted by Crippen LogP contribution is -2.35. The molecule has 0 radical (unpaired) electrons. The first-order valence-corrected chi connectivity index (χ1v) is 6.30. The largest absolute Gasteiger partial charge is 0.496 e. The molecule has 1 aromatic carbocycles. The van der Waals surface area contributed by atoms with Crippen molar-refractivity contribution >= 4 is 15.9 Å². The normalized spacial score (nSPS) is 11.6. The van der Waals surface area contributed by atoms with Gasteiger partial charge in [0.1, 0.15) is 5.75 Å². The third-order valence-electron chi connectivity index (χ3n) is 2.42. The van der Waals surface area contributed by atoms with Gasteiger partial charge in [0.15, 0.2) is 0 Å². The maximum Gasteiger partial charge on any atom is 0.123 e. The van der Waals surface area contributed by atoms with Crippen LogP contribution in [0.1, 0.15) is 25.0 Å². The maximum absolute atomic E-state index is 6.09. The molecule has 0 saturated carbocycles. The van der Waals surface area contributed by atoms with Gasteiger partial charge >= 0.3 is 0 Å². The molecule has 0 heterocycles. The fourth-order valence-corrected chi connectivity index (χ4v) is 2.27. The number of halogens is 1. The third kappa shape index (κ3) is 4.30. The second-order valence-electron chi connectivity index (χ2n) is 4.84. The molecule has 3 nitrogen and oxygen atoms in total. The van der Waals surface area contributed by atoms with E-state index in [1.807, 2.05) is 26.0 Å². The van der Waals surface area contributed by atoms with E-state index in [0.29, 0.717) is 6.61 Å². The first-order chi connectivity index (χ1) is 7.87. The second-order valence-corrected chi connectivity index (χ2v) is 5.76. The Morgan fingerprint density at radius 2 is 1.94 bits per heavy atom. The van der Waals surface area contributed by atoms with Crippen molar-refractivity contribution in [3.63, 3.8) is 0 Å². The molecule has 0 fully saturated rings. The van der Waals surface area contributed by atoms with Crippen LogP contribution in [0, 0.1) is 0 Å². The Bertz CT molecular complexity index is 386. The highest BCUT2D eigenvalue weighted by Gasteiger charge is 2.19. The summed E-state index contributed by atoms with van der Waals surface area (Å²) in [5, 5.41) is 0. The molecule has 0 aliphatic heterocycles. The van der Waals surface area contributed by atoms with E-state index in [1.165, 1.54) is 0 Å². The summed E-state index contributed by atoms with van der Waals surface area (Å²) in [4.78, 5) is 0. The molecule has 1 rings (SSSR count). The molecule has 1 aromatic rings. The van der Waals surface area contributed by atoms with Crippen molar-refractivity contribution in [3.8, 4) is 5.75 Å². The van der Waals surface area contributed by atoms with Crippen molar-refractivity contribution in [1.82, 2.24) is 0 Å². The number of ether oxygens (including phenoxy) is 2. The molecule has 2 N–H and O–H groups in total. The summed E-state index contributed by atoms with van der Waals surface area (Å²) in [5.41, 5.74) is 8.04. The van der Waals surface area contributed by atoms with Gasteiger partial charge in [-0.1, -0.05) is 15.9 Å². The fraction of sp³-hybridized carbons (Fsp3) is 0.538. The lowest BCUT2D eigenvalue weighted by atomic mass is 9.92. The molecule has 4 heteroatoms. The van der Waals surface area contributed by atoms with E-state index >= 15 is 0 Å². The Morgan fingerprint density at radius 1 is 1.29 bits per heavy atom. The van der Waals surface area contributed by atoms with E-state index in [4.69, 9.17) is 15.2 Å². The Balaban J connectivity index is 3.21. The molecular weight excluding hydrogens is 282 g/mol. The fourth-order valence-electron chi connectivity index (χ4n) is 1.79. The van der Waals surface area contributed by atoms with Crippen LogP contribution in [-0.4, -0.2) is 19.8 Å². The minimum absolute atomic E-state index is 0.274. The predicted octanol–water partition coefficient (Wildman–Crippen LogP) is 2.88. The van der Waals surface area contributed by atoms with Crippen LogP contribution >= 0.6 is 15.9 Å². The van der Waals surface area contributed by atoms with Crippen molar-refractivity contribution < 1.29 is 9.47 Å². The van der Waals surface area contributed by atoms with Gasteiger partial charge in [0.2, 0.25) is 0 Å². The number of benzene rings is 1. The molecule has 0 amide bonds. The third-order valence-corrected chi connectivity index (χ3v) is 2.88. The van der Waals surface area contributed by atoms with Crippen LogP contribution in [0.4, 0.5) is 0 Å². The molecule has 17 heavy (non-hydrogen) atoms. The quantitative estimate of drug-likeness (QED) is 0.909. The molecule has 0 bridgehead atoms. The van der Waals surface area contributed by atoms with Crippen LogP contribution < -0.4 is 10.5 Å². The molecular formula is C13H20BrNO2. The van der Waals surface area contributed by atoms with Gasteiger partial charge in [-0.2, -0.15) is 0 Å². The molecule has 0 aliphatic rings. The highest BCUT2D eigenvalue weighted by atomic mass is 79.9. The van der Waals surface area contributed by atoms with Gasteiger partial charge < -0.3 is 15.2 Å². The molecule has 0 aromatic heterocycles. The Labute approximate surface area is 111 Å². The number of hydrogen-bond donors (Lipinski definition) is 1. The summed E-state index contributed by atoms with van der Waals surface area (Å²) < 4.78 is 11.6. The van der Waals surface area contributed by atoms with Gasteiger partial charge in [-0.15, -0.1) is 0 Å². The topological polar surface area (TPSA) is 44.5 Å². The zero-order valence-electron chi connectivity index (χ0n) is 10.8. The molecule has 0 spiro atoms. The van der Waals surface area contributed by atoms with Crippen molar-refractivity contribution in [2.75, 3.05) is 14.2 Å². The number of rotatable bonds is 5. The van der Waals surface area contributed by atoms with Crippen molar-refractivity contribution in [2.45, 2.75) is 32.4 Å². The van der Waals surface area contributed by atoms with Crippen molar-refractivity contribution in [1.29, 1.82) is 0 Å². The van der Waals surface area contributed by atoms with Crippen molar-refractivity contribution in [2.24, 2.45) is 5.73 Å². The maximum atomic E-state index is 6.09. The Hall–Kier alpha value is -0.580. The van der Waals surface area contributed by atoms with Gasteiger partial charge in [0, 0.05) is 22.7 Å². The van der Waals surface area contributed by atoms with Gasteiger partial charge in [-0.25, -0.2) is 0 Å². The molecule has 96 valence electrons. The number of nitrogens with two attached hydrogens (primary N) is 1. The molecule has 0 atom stereocenters. The Kier molecular flexibility index (Phi) is 4.98. The summed E-state index contributed by atoms with van der Waals surface area (Å²) in [6, 6.07) is 4.01. The summed E-state index contributed by atoms with van der Waals surface area (Å²) in [7, 11) is 3.36. The zero-order chi connectivity index (χ0) is 13.1. The van der Waals surface area contributed by atoms with Gasteiger partial charge in [-0.05, 0) is 38.0 Å². The van der Waals surface area contributed by atoms with Gasteiger partial charge in [0.05, 0.1) is 13.7 Å². The first kappa shape index (κ1) is 14.5. The monoisotopic (exact) mass is 301 g/mol. The predicted molar refractivity (Wildman–Crippen MR) is 73.4 cm³/mol. The van der Waals surface area contributed by atoms with Crippen LogP contribution in [0.25, 0.3) is 0 Å². The average molecular weight is 302 g/mol. The SMILES string of the molecule is COCc1cc(Br)cc(OC)c1CC(C)(C)N. The van der Waals surface area contributed by atoms with Crippen LogP contribution in [-0.2, 0) is 17.8 Å². The van der Waals surface area contributed by atoms with Crippen LogP contribution in [0.3, 0.4) is 0 Å². The van der Waals surface area contributed by atoms with E-state index in [1.54, 1.807) is 14.2 Å². The minimum Gasteiger partial charge on any atom is -0.496 e. The smallest absolute Gasteiger partial charge is 0.123 e. The summed E-state index contributed by atoms with van der Waals surface area (Å²) in [6.07, 6.45) is 0.752. The average Bonchev–Trinajstić information content (AvgIpc) is 2.20. The number of methoxy groups -OCH3 is 2. The molecule has 0 aliphatic carbocycles. The standard InChI is InChI=1S/C13H20BrNO2/c1-13(2,15)7-11-9(8-16-3)5-10(14)6-12(11)17-4/h5-6H,7-8,15H2,1-4H3. The van der Waals surface area contributed by atoms with E-state index < -0.39 is 0 Å². The van der Waals surface area contributed by atoms with E-state index in [-0.39, 0.29) is 5.54 Å². The lowest BCUT2D eigenvalue weighted by molar-refractivity contribution is 0.183. The number of hydrogen-bond acceptors (Lipinski definition) is 3. The van der Waals surface area contributed by atoms with Crippen molar-refractivity contribution in [3.05, 3.63) is 27.7 Å². The van der Waals surface area contributed by atoms with Gasteiger partial charge in [-0.3, -0.25) is 0 Å². The first-order valence-electron chi connectivity index (χ1n) is 5.50. The zero-order valence-corrected chi connectivity index (χ0v) is 12.4. The summed E-state index contributed by atoms with van der Waals surface area (Å²) in [6.45, 7) is 4.57. The van der Waals surface area contributed by atoms with E-state index in [9.17, 15) is 0 Å². The minimum atomic E-state index is -0.274. The molecule has 0 saturated heterocycles. The lowest BCUT2D eigenvalue weighted by Gasteiger charge is -2.22.